The molecule has 1 aliphatic carbocycles. The normalized spacial score (nSPS) is 13.2. The predicted octanol–water partition coefficient (Wildman–Crippen LogP) is 12.8. The summed E-state index contributed by atoms with van der Waals surface area (Å²) in [6.45, 7) is 4.72. The molecule has 0 atom stereocenters. The summed E-state index contributed by atoms with van der Waals surface area (Å²) in [5, 5.41) is 4.79. The van der Waals surface area contributed by atoms with Crippen LogP contribution in [0.4, 0.5) is 0 Å². The third-order valence-corrected chi connectivity index (χ3v) is 11.2. The van der Waals surface area contributed by atoms with Crippen molar-refractivity contribution in [2.24, 2.45) is 0 Å². The smallest absolute Gasteiger partial charge is 0.160 e. The van der Waals surface area contributed by atoms with Gasteiger partial charge in [0.2, 0.25) is 0 Å². The van der Waals surface area contributed by atoms with Crippen LogP contribution in [0.1, 0.15) is 25.0 Å². The molecule has 4 nitrogen and oxygen atoms in total. The molecule has 0 fully saturated rings. The highest BCUT2D eigenvalue weighted by Gasteiger charge is 2.41. The fourth-order valence-corrected chi connectivity index (χ4v) is 8.81. The number of para-hydroxylation sites is 2. The first-order valence-corrected chi connectivity index (χ1v) is 18.2. The highest BCUT2D eigenvalue weighted by atomic mass is 16.3. The van der Waals surface area contributed by atoms with Crippen molar-refractivity contribution in [3.8, 4) is 50.7 Å². The first-order valence-electron chi connectivity index (χ1n) is 18.2. The van der Waals surface area contributed by atoms with Crippen molar-refractivity contribution >= 4 is 43.7 Å². The monoisotopic (exact) mass is 679 g/mol. The number of hydrogen-bond donors (Lipinski definition) is 0. The maximum Gasteiger partial charge on any atom is 0.160 e. The Hall–Kier alpha value is -6.78. The molecule has 0 saturated heterocycles. The molecule has 7 aromatic carbocycles. The topological polar surface area (TPSA) is 43.9 Å². The van der Waals surface area contributed by atoms with E-state index in [1.54, 1.807) is 0 Å². The van der Waals surface area contributed by atoms with E-state index >= 15 is 0 Å². The molecule has 53 heavy (non-hydrogen) atoms. The summed E-state index contributed by atoms with van der Waals surface area (Å²) in [6.07, 6.45) is 0. The lowest BCUT2D eigenvalue weighted by atomic mass is 9.80. The largest absolute Gasteiger partial charge is 0.455 e. The van der Waals surface area contributed by atoms with Gasteiger partial charge in [0.15, 0.2) is 5.82 Å². The molecule has 0 N–H and O–H groups in total. The molecule has 0 bridgehead atoms. The van der Waals surface area contributed by atoms with E-state index in [2.05, 4.69) is 170 Å². The third kappa shape index (κ3) is 4.30. The molecule has 1 aliphatic rings. The molecule has 0 aliphatic heterocycles. The van der Waals surface area contributed by atoms with Crippen LogP contribution in [0, 0.1) is 0 Å². The summed E-state index contributed by atoms with van der Waals surface area (Å²) in [5.41, 5.74) is 15.0. The molecule has 250 valence electrons. The Balaban J connectivity index is 1.18. The van der Waals surface area contributed by atoms with Gasteiger partial charge in [-0.3, -0.25) is 0 Å². The highest BCUT2D eigenvalue weighted by Crippen LogP contribution is 2.57. The van der Waals surface area contributed by atoms with E-state index in [4.69, 9.17) is 14.4 Å². The van der Waals surface area contributed by atoms with Crippen molar-refractivity contribution in [2.75, 3.05) is 0 Å². The molecular weight excluding hydrogens is 647 g/mol. The van der Waals surface area contributed by atoms with E-state index in [-0.39, 0.29) is 5.41 Å². The van der Waals surface area contributed by atoms with E-state index in [9.17, 15) is 0 Å². The number of nitrogens with zero attached hydrogens (tertiary/aromatic N) is 3. The van der Waals surface area contributed by atoms with Gasteiger partial charge in [0.1, 0.15) is 11.2 Å². The Morgan fingerprint density at radius 2 is 1.15 bits per heavy atom. The first kappa shape index (κ1) is 29.9. The van der Waals surface area contributed by atoms with Crippen LogP contribution in [0.5, 0.6) is 0 Å². The van der Waals surface area contributed by atoms with Gasteiger partial charge in [0, 0.05) is 49.5 Å². The molecule has 3 aromatic heterocycles. The van der Waals surface area contributed by atoms with Crippen LogP contribution in [-0.4, -0.2) is 14.5 Å². The van der Waals surface area contributed by atoms with Crippen LogP contribution in [0.25, 0.3) is 94.5 Å². The average Bonchev–Trinajstić information content (AvgIpc) is 3.84. The fraction of sp³-hybridized carbons (Fsp3) is 0.0612. The maximum absolute atomic E-state index is 6.88. The zero-order valence-electron chi connectivity index (χ0n) is 29.3. The molecule has 0 spiro atoms. The zero-order valence-corrected chi connectivity index (χ0v) is 29.3. The zero-order chi connectivity index (χ0) is 35.3. The highest BCUT2D eigenvalue weighted by molar-refractivity contribution is 6.30. The molecule has 4 heteroatoms. The molecule has 0 saturated carbocycles. The van der Waals surface area contributed by atoms with Gasteiger partial charge in [-0.2, -0.15) is 0 Å². The van der Waals surface area contributed by atoms with Crippen LogP contribution < -0.4 is 0 Å². The summed E-state index contributed by atoms with van der Waals surface area (Å²) in [7, 11) is 0. The molecule has 10 aromatic rings. The summed E-state index contributed by atoms with van der Waals surface area (Å²) >= 11 is 0. The minimum Gasteiger partial charge on any atom is -0.455 e. The third-order valence-electron chi connectivity index (χ3n) is 11.2. The Morgan fingerprint density at radius 3 is 1.87 bits per heavy atom. The number of hydrogen-bond acceptors (Lipinski definition) is 3. The van der Waals surface area contributed by atoms with Gasteiger partial charge in [0.05, 0.1) is 27.8 Å². The summed E-state index contributed by atoms with van der Waals surface area (Å²) in [6, 6.07) is 57.7. The van der Waals surface area contributed by atoms with Crippen LogP contribution >= 0.6 is 0 Å². The quantitative estimate of drug-likeness (QED) is 0.186. The maximum atomic E-state index is 6.88. The molecule has 0 radical (unpaired) electrons. The standard InChI is InChI=1S/C49H33N3O/c1-49(2)37-22-12-9-19-34(37)43-45(49)42-35-20-10-13-23-40(35)52(46(42)44-36-21-11-14-24-41(36)53-47(43)44)33-27-25-32(26-28-33)48-50-38(30-15-5-3-6-16-30)29-39(51-48)31-17-7-4-8-18-31/h3-29H,1-2H3. The molecule has 11 rings (SSSR count). The molecule has 3 heterocycles. The van der Waals surface area contributed by atoms with Gasteiger partial charge in [-0.1, -0.05) is 135 Å². The van der Waals surface area contributed by atoms with E-state index in [1.807, 2.05) is 12.1 Å². The van der Waals surface area contributed by atoms with Gasteiger partial charge in [-0.05, 0) is 59.2 Å². The fourth-order valence-electron chi connectivity index (χ4n) is 8.81. The number of aromatic nitrogens is 3. The van der Waals surface area contributed by atoms with Crippen molar-refractivity contribution in [1.29, 1.82) is 0 Å². The summed E-state index contributed by atoms with van der Waals surface area (Å²) in [5.74, 6) is 0.694. The molecular formula is C49H33N3O. The van der Waals surface area contributed by atoms with Crippen molar-refractivity contribution in [1.82, 2.24) is 14.5 Å². The summed E-state index contributed by atoms with van der Waals surface area (Å²) < 4.78 is 9.32. The SMILES string of the molecule is CC1(C)c2ccccc2-c2c1c1c3ccccc3n(-c3ccc(-c4nc(-c5ccccc5)cc(-c5ccccc5)n4)cc3)c1c1c2oc2ccccc21. The van der Waals surface area contributed by atoms with Gasteiger partial charge >= 0.3 is 0 Å². The Morgan fingerprint density at radius 1 is 0.547 bits per heavy atom. The number of benzene rings is 7. The van der Waals surface area contributed by atoms with Gasteiger partial charge in [-0.25, -0.2) is 9.97 Å². The summed E-state index contributed by atoms with van der Waals surface area (Å²) in [4.78, 5) is 10.2. The lowest BCUT2D eigenvalue weighted by molar-refractivity contribution is 0.658. The van der Waals surface area contributed by atoms with E-state index in [0.717, 1.165) is 61.2 Å². The van der Waals surface area contributed by atoms with Crippen LogP contribution in [-0.2, 0) is 5.41 Å². The second-order valence-electron chi connectivity index (χ2n) is 14.5. The molecule has 0 amide bonds. The Bertz CT molecular complexity index is 3000. The first-order chi connectivity index (χ1) is 26.1. The minimum absolute atomic E-state index is 0.228. The number of fused-ring (bicyclic) bond motifs is 12. The van der Waals surface area contributed by atoms with E-state index in [1.165, 1.54) is 38.5 Å². The van der Waals surface area contributed by atoms with Crippen LogP contribution in [0.3, 0.4) is 0 Å². The minimum atomic E-state index is -0.228. The van der Waals surface area contributed by atoms with Gasteiger partial charge < -0.3 is 8.98 Å². The van der Waals surface area contributed by atoms with E-state index < -0.39 is 0 Å². The Labute approximate surface area is 306 Å². The lowest BCUT2D eigenvalue weighted by Crippen LogP contribution is -2.15. The molecule has 0 unspecified atom stereocenters. The second-order valence-corrected chi connectivity index (χ2v) is 14.5. The van der Waals surface area contributed by atoms with Gasteiger partial charge in [0.25, 0.3) is 0 Å². The number of rotatable bonds is 4. The van der Waals surface area contributed by atoms with Crippen LogP contribution in [0.2, 0.25) is 0 Å². The van der Waals surface area contributed by atoms with Crippen molar-refractivity contribution in [3.05, 3.63) is 175 Å². The van der Waals surface area contributed by atoms with Crippen LogP contribution in [0.15, 0.2) is 168 Å². The number of furan rings is 1. The van der Waals surface area contributed by atoms with Crippen molar-refractivity contribution in [2.45, 2.75) is 19.3 Å². The van der Waals surface area contributed by atoms with E-state index in [0.29, 0.717) is 5.82 Å². The van der Waals surface area contributed by atoms with Crippen molar-refractivity contribution in [3.63, 3.8) is 0 Å². The lowest BCUT2D eigenvalue weighted by Gasteiger charge is -2.23. The predicted molar refractivity (Wildman–Crippen MR) is 218 cm³/mol. The Kier molecular flexibility index (Phi) is 6.27. The van der Waals surface area contributed by atoms with Crippen molar-refractivity contribution < 1.29 is 4.42 Å². The van der Waals surface area contributed by atoms with Gasteiger partial charge in [-0.15, -0.1) is 0 Å². The average molecular weight is 680 g/mol. The second kappa shape index (κ2) is 11.1.